The lowest BCUT2D eigenvalue weighted by molar-refractivity contribution is 0.463. The number of allylic oxidation sites excluding steroid dienone is 1. The molecule has 2 heteroatoms. The fraction of sp³-hybridized carbons (Fsp3) is 0.429. The molecule has 1 rings (SSSR count). The predicted molar refractivity (Wildman–Crippen MR) is 73.3 cm³/mol. The van der Waals surface area contributed by atoms with E-state index in [9.17, 15) is 5.11 Å². The fourth-order valence-corrected chi connectivity index (χ4v) is 2.03. The number of phenols is 1. The minimum atomic E-state index is 0.0978. The third-order valence-electron chi connectivity index (χ3n) is 2.64. The van der Waals surface area contributed by atoms with Crippen LogP contribution in [0.4, 0.5) is 0 Å². The molecule has 0 bridgehead atoms. The van der Waals surface area contributed by atoms with Gasteiger partial charge in [-0.25, -0.2) is 0 Å². The fourth-order valence-electron chi connectivity index (χ4n) is 1.61. The summed E-state index contributed by atoms with van der Waals surface area (Å²) in [5, 5.41) is 10.7. The Bertz CT molecular complexity index is 388. The predicted octanol–water partition coefficient (Wildman–Crippen LogP) is 4.31. The maximum atomic E-state index is 10.0. The second-order valence-electron chi connectivity index (χ2n) is 5.02. The zero-order valence-corrected chi connectivity index (χ0v) is 11.8. The summed E-state index contributed by atoms with van der Waals surface area (Å²) >= 11 is 3.41. The van der Waals surface area contributed by atoms with Crippen LogP contribution >= 0.6 is 15.9 Å². The lowest BCUT2D eigenvalue weighted by atomic mass is 9.84. The summed E-state index contributed by atoms with van der Waals surface area (Å²) in [5.41, 5.74) is 3.25. The first-order chi connectivity index (χ1) is 7.40. The van der Waals surface area contributed by atoms with E-state index in [1.807, 2.05) is 6.08 Å². The molecule has 1 N–H and O–H groups in total. The maximum absolute atomic E-state index is 10.0. The van der Waals surface area contributed by atoms with Crippen molar-refractivity contribution in [3.63, 3.8) is 0 Å². The number of alkyl halides is 1. The molecule has 0 aliphatic carbocycles. The van der Waals surface area contributed by atoms with Gasteiger partial charge in [0.15, 0.2) is 0 Å². The second kappa shape index (κ2) is 5.05. The van der Waals surface area contributed by atoms with Gasteiger partial charge in [-0.15, -0.1) is 6.58 Å². The minimum Gasteiger partial charge on any atom is -0.507 e. The molecule has 16 heavy (non-hydrogen) atoms. The van der Waals surface area contributed by atoms with Crippen molar-refractivity contribution < 1.29 is 5.11 Å². The van der Waals surface area contributed by atoms with Crippen molar-refractivity contribution in [3.8, 4) is 5.75 Å². The van der Waals surface area contributed by atoms with E-state index in [4.69, 9.17) is 0 Å². The molecule has 1 aromatic carbocycles. The Labute approximate surface area is 106 Å². The topological polar surface area (TPSA) is 20.2 Å². The highest BCUT2D eigenvalue weighted by molar-refractivity contribution is 9.08. The van der Waals surface area contributed by atoms with Crippen LogP contribution < -0.4 is 0 Å². The molecule has 0 saturated carbocycles. The first-order valence-corrected chi connectivity index (χ1v) is 6.54. The number of phenolic OH excluding ortho intramolecular Hbond substituents is 1. The Morgan fingerprint density at radius 2 is 1.88 bits per heavy atom. The summed E-state index contributed by atoms with van der Waals surface area (Å²) < 4.78 is 0. The van der Waals surface area contributed by atoms with E-state index < -0.39 is 0 Å². The van der Waals surface area contributed by atoms with E-state index >= 15 is 0 Å². The van der Waals surface area contributed by atoms with Crippen LogP contribution in [0.2, 0.25) is 0 Å². The van der Waals surface area contributed by atoms with Crippen molar-refractivity contribution in [1.29, 1.82) is 0 Å². The molecule has 88 valence electrons. The van der Waals surface area contributed by atoms with Crippen LogP contribution in [-0.4, -0.2) is 5.11 Å². The lowest BCUT2D eigenvalue weighted by Crippen LogP contribution is -2.12. The largest absolute Gasteiger partial charge is 0.507 e. The first kappa shape index (κ1) is 13.3. The normalized spacial score (nSPS) is 11.5. The van der Waals surface area contributed by atoms with Crippen molar-refractivity contribution in [2.75, 3.05) is 0 Å². The Hall–Kier alpha value is -0.760. The molecule has 0 heterocycles. The number of hydrogen-bond donors (Lipinski definition) is 1. The third kappa shape index (κ3) is 2.88. The van der Waals surface area contributed by atoms with Gasteiger partial charge < -0.3 is 5.11 Å². The molecule has 0 radical (unpaired) electrons. The molecular weight excluding hydrogens is 264 g/mol. The summed E-state index contributed by atoms with van der Waals surface area (Å²) in [6.07, 6.45) is 2.52. The molecule has 0 spiro atoms. The molecule has 1 nitrogen and oxygen atoms in total. The maximum Gasteiger partial charge on any atom is 0.123 e. The van der Waals surface area contributed by atoms with Crippen LogP contribution in [0.15, 0.2) is 24.8 Å². The first-order valence-electron chi connectivity index (χ1n) is 5.42. The molecule has 1 aromatic rings. The molecule has 0 aromatic heterocycles. The Kier molecular flexibility index (Phi) is 4.20. The highest BCUT2D eigenvalue weighted by Gasteiger charge is 2.17. The van der Waals surface area contributed by atoms with Crippen LogP contribution in [0.1, 0.15) is 37.5 Å². The highest BCUT2D eigenvalue weighted by atomic mass is 79.9. The number of halogens is 1. The summed E-state index contributed by atoms with van der Waals surface area (Å²) in [7, 11) is 0. The van der Waals surface area contributed by atoms with Crippen molar-refractivity contribution in [2.24, 2.45) is 0 Å². The summed E-state index contributed by atoms with van der Waals surface area (Å²) in [6.45, 7) is 10.2. The summed E-state index contributed by atoms with van der Waals surface area (Å²) in [5.74, 6) is 0.393. The van der Waals surface area contributed by atoms with Crippen molar-refractivity contribution >= 4 is 15.9 Å². The molecule has 0 atom stereocenters. The average Bonchev–Trinajstić information content (AvgIpc) is 2.19. The standard InChI is InChI=1S/C14H19BrO/c1-5-6-10-7-12(14(2,3)4)8-11(9-15)13(10)16/h5,7-8,16H,1,6,9H2,2-4H3. The monoisotopic (exact) mass is 282 g/mol. The van der Waals surface area contributed by atoms with E-state index in [1.165, 1.54) is 5.56 Å². The van der Waals surface area contributed by atoms with E-state index in [1.54, 1.807) is 0 Å². The molecule has 0 aliphatic rings. The van der Waals surface area contributed by atoms with Gasteiger partial charge in [0, 0.05) is 10.9 Å². The number of benzene rings is 1. The van der Waals surface area contributed by atoms with E-state index in [2.05, 4.69) is 55.4 Å². The molecule has 0 unspecified atom stereocenters. The van der Waals surface area contributed by atoms with Crippen LogP contribution in [0.5, 0.6) is 5.75 Å². The van der Waals surface area contributed by atoms with Crippen molar-refractivity contribution in [1.82, 2.24) is 0 Å². The zero-order chi connectivity index (χ0) is 12.3. The molecule has 0 aliphatic heterocycles. The van der Waals surface area contributed by atoms with Gasteiger partial charge in [-0.05, 0) is 23.0 Å². The average molecular weight is 283 g/mol. The van der Waals surface area contributed by atoms with E-state index in [0.717, 1.165) is 11.1 Å². The Morgan fingerprint density at radius 1 is 1.31 bits per heavy atom. The van der Waals surface area contributed by atoms with Crippen molar-refractivity contribution in [2.45, 2.75) is 37.9 Å². The van der Waals surface area contributed by atoms with E-state index in [0.29, 0.717) is 17.5 Å². The van der Waals surface area contributed by atoms with Crippen LogP contribution in [0, 0.1) is 0 Å². The summed E-state index contributed by atoms with van der Waals surface area (Å²) in [4.78, 5) is 0. The lowest BCUT2D eigenvalue weighted by Gasteiger charge is -2.22. The number of rotatable bonds is 3. The van der Waals surface area contributed by atoms with Gasteiger partial charge in [-0.3, -0.25) is 0 Å². The second-order valence-corrected chi connectivity index (χ2v) is 5.58. The number of hydrogen-bond acceptors (Lipinski definition) is 1. The van der Waals surface area contributed by atoms with Gasteiger partial charge in [0.2, 0.25) is 0 Å². The van der Waals surface area contributed by atoms with Gasteiger partial charge >= 0.3 is 0 Å². The SMILES string of the molecule is C=CCc1cc(C(C)(C)C)cc(CBr)c1O. The molecular formula is C14H19BrO. The van der Waals surface area contributed by atoms with Gasteiger partial charge in [-0.2, -0.15) is 0 Å². The smallest absolute Gasteiger partial charge is 0.123 e. The minimum absolute atomic E-state index is 0.0978. The highest BCUT2D eigenvalue weighted by Crippen LogP contribution is 2.32. The Morgan fingerprint density at radius 3 is 2.31 bits per heavy atom. The van der Waals surface area contributed by atoms with E-state index in [-0.39, 0.29) is 5.41 Å². The van der Waals surface area contributed by atoms with Gasteiger partial charge in [0.25, 0.3) is 0 Å². The van der Waals surface area contributed by atoms with Crippen LogP contribution in [-0.2, 0) is 17.2 Å². The van der Waals surface area contributed by atoms with Gasteiger partial charge in [0.1, 0.15) is 5.75 Å². The summed E-state index contributed by atoms with van der Waals surface area (Å²) in [6, 6.07) is 4.14. The quantitative estimate of drug-likeness (QED) is 0.647. The molecule has 0 amide bonds. The number of aromatic hydroxyl groups is 1. The Balaban J connectivity index is 3.33. The molecule has 0 saturated heterocycles. The van der Waals surface area contributed by atoms with Crippen LogP contribution in [0.25, 0.3) is 0 Å². The van der Waals surface area contributed by atoms with Crippen LogP contribution in [0.3, 0.4) is 0 Å². The zero-order valence-electron chi connectivity index (χ0n) is 10.2. The van der Waals surface area contributed by atoms with Gasteiger partial charge in [0.05, 0.1) is 0 Å². The third-order valence-corrected chi connectivity index (χ3v) is 3.25. The van der Waals surface area contributed by atoms with Crippen molar-refractivity contribution in [3.05, 3.63) is 41.5 Å². The van der Waals surface area contributed by atoms with Gasteiger partial charge in [-0.1, -0.05) is 54.9 Å². The molecule has 0 fully saturated rings.